The standard InChI is InChI=1S/C14H19BrS/c1-8-5-12(9(2)16-8)14(15)13-7-10-3-4-11(13)6-10/h5,10-11,13-14H,3-4,6-7H2,1-2H3. The SMILES string of the molecule is Cc1cc(C(Br)C2CC3CCC2C3)c(C)s1. The van der Waals surface area contributed by atoms with Gasteiger partial charge in [0.1, 0.15) is 0 Å². The molecule has 0 aliphatic heterocycles. The number of thiophene rings is 1. The van der Waals surface area contributed by atoms with Crippen molar-refractivity contribution in [3.05, 3.63) is 21.4 Å². The predicted molar refractivity (Wildman–Crippen MR) is 74.4 cm³/mol. The molecular weight excluding hydrogens is 280 g/mol. The fourth-order valence-corrected chi connectivity index (χ4v) is 6.05. The quantitative estimate of drug-likeness (QED) is 0.655. The summed E-state index contributed by atoms with van der Waals surface area (Å²) >= 11 is 5.93. The van der Waals surface area contributed by atoms with Crippen LogP contribution in [0.25, 0.3) is 0 Å². The average molecular weight is 299 g/mol. The van der Waals surface area contributed by atoms with Crippen LogP contribution in [-0.2, 0) is 0 Å². The van der Waals surface area contributed by atoms with Gasteiger partial charge in [0.05, 0.1) is 0 Å². The Morgan fingerprint density at radius 3 is 2.62 bits per heavy atom. The molecule has 1 aromatic rings. The fourth-order valence-electron chi connectivity index (χ4n) is 3.81. The maximum absolute atomic E-state index is 3.99. The van der Waals surface area contributed by atoms with Crippen LogP contribution in [0.5, 0.6) is 0 Å². The molecule has 0 amide bonds. The maximum Gasteiger partial charge on any atom is 0.0437 e. The van der Waals surface area contributed by atoms with Gasteiger partial charge in [-0.3, -0.25) is 0 Å². The van der Waals surface area contributed by atoms with Gasteiger partial charge in [0.25, 0.3) is 0 Å². The number of alkyl halides is 1. The van der Waals surface area contributed by atoms with Crippen LogP contribution < -0.4 is 0 Å². The average Bonchev–Trinajstić information content (AvgIpc) is 2.91. The van der Waals surface area contributed by atoms with Crippen LogP contribution in [0.15, 0.2) is 6.07 Å². The number of hydrogen-bond acceptors (Lipinski definition) is 1. The molecule has 2 saturated carbocycles. The lowest BCUT2D eigenvalue weighted by molar-refractivity contribution is 0.329. The lowest BCUT2D eigenvalue weighted by Gasteiger charge is -2.26. The highest BCUT2D eigenvalue weighted by Gasteiger charge is 2.43. The molecule has 2 aliphatic carbocycles. The van der Waals surface area contributed by atoms with Crippen LogP contribution in [-0.4, -0.2) is 0 Å². The molecule has 4 atom stereocenters. The van der Waals surface area contributed by atoms with Crippen molar-refractivity contribution < 1.29 is 0 Å². The van der Waals surface area contributed by atoms with Gasteiger partial charge >= 0.3 is 0 Å². The molecule has 0 saturated heterocycles. The molecule has 1 aromatic heterocycles. The zero-order valence-electron chi connectivity index (χ0n) is 10.0. The monoisotopic (exact) mass is 298 g/mol. The summed E-state index contributed by atoms with van der Waals surface area (Å²) in [5.41, 5.74) is 1.57. The van der Waals surface area contributed by atoms with E-state index in [4.69, 9.17) is 0 Å². The van der Waals surface area contributed by atoms with Crippen molar-refractivity contribution >= 4 is 27.3 Å². The first-order valence-electron chi connectivity index (χ1n) is 6.36. The lowest BCUT2D eigenvalue weighted by Crippen LogP contribution is -2.15. The second-order valence-electron chi connectivity index (χ2n) is 5.61. The largest absolute Gasteiger partial charge is 0.146 e. The number of hydrogen-bond donors (Lipinski definition) is 0. The molecule has 2 fully saturated rings. The summed E-state index contributed by atoms with van der Waals surface area (Å²) in [5.74, 6) is 2.97. The summed E-state index contributed by atoms with van der Waals surface area (Å²) in [7, 11) is 0. The van der Waals surface area contributed by atoms with Crippen LogP contribution in [0.2, 0.25) is 0 Å². The van der Waals surface area contributed by atoms with E-state index in [-0.39, 0.29) is 0 Å². The molecule has 0 nitrogen and oxygen atoms in total. The Morgan fingerprint density at radius 2 is 2.12 bits per heavy atom. The van der Waals surface area contributed by atoms with Crippen molar-refractivity contribution in [1.82, 2.24) is 0 Å². The maximum atomic E-state index is 3.99. The molecule has 2 bridgehead atoms. The van der Waals surface area contributed by atoms with Crippen LogP contribution >= 0.6 is 27.3 Å². The second kappa shape index (κ2) is 4.13. The van der Waals surface area contributed by atoms with Crippen molar-refractivity contribution in [2.45, 2.75) is 44.4 Å². The van der Waals surface area contributed by atoms with E-state index in [2.05, 4.69) is 35.8 Å². The third-order valence-electron chi connectivity index (χ3n) is 4.55. The van der Waals surface area contributed by atoms with E-state index in [9.17, 15) is 0 Å². The predicted octanol–water partition coefficient (Wildman–Crippen LogP) is 5.24. The van der Waals surface area contributed by atoms with Crippen molar-refractivity contribution in [2.75, 3.05) is 0 Å². The van der Waals surface area contributed by atoms with Gasteiger partial charge in [-0.05, 0) is 62.5 Å². The van der Waals surface area contributed by atoms with E-state index in [0.29, 0.717) is 4.83 Å². The molecule has 0 spiro atoms. The fraction of sp³-hybridized carbons (Fsp3) is 0.714. The van der Waals surface area contributed by atoms with Gasteiger partial charge < -0.3 is 0 Å². The van der Waals surface area contributed by atoms with Crippen LogP contribution in [0.1, 0.15) is 45.8 Å². The zero-order chi connectivity index (χ0) is 11.3. The molecule has 0 radical (unpaired) electrons. The Kier molecular flexibility index (Phi) is 2.91. The minimum absolute atomic E-state index is 0.618. The number of fused-ring (bicyclic) bond motifs is 2. The molecular formula is C14H19BrS. The number of aryl methyl sites for hydroxylation is 2. The lowest BCUT2D eigenvalue weighted by atomic mass is 9.84. The Labute approximate surface area is 111 Å². The van der Waals surface area contributed by atoms with Gasteiger partial charge in [0.2, 0.25) is 0 Å². The Morgan fingerprint density at radius 1 is 1.31 bits per heavy atom. The first-order chi connectivity index (χ1) is 7.65. The van der Waals surface area contributed by atoms with Gasteiger partial charge in [-0.15, -0.1) is 11.3 Å². The van der Waals surface area contributed by atoms with Gasteiger partial charge in [0, 0.05) is 14.6 Å². The molecule has 0 aromatic carbocycles. The Hall–Kier alpha value is 0.180. The van der Waals surface area contributed by atoms with Gasteiger partial charge in [0.15, 0.2) is 0 Å². The highest BCUT2D eigenvalue weighted by Crippen LogP contribution is 2.55. The molecule has 2 heteroatoms. The van der Waals surface area contributed by atoms with E-state index >= 15 is 0 Å². The summed E-state index contributed by atoms with van der Waals surface area (Å²) in [4.78, 5) is 3.59. The number of rotatable bonds is 2. The van der Waals surface area contributed by atoms with E-state index in [1.165, 1.54) is 35.4 Å². The molecule has 16 heavy (non-hydrogen) atoms. The van der Waals surface area contributed by atoms with Gasteiger partial charge in [-0.25, -0.2) is 0 Å². The first-order valence-corrected chi connectivity index (χ1v) is 8.09. The van der Waals surface area contributed by atoms with E-state index in [1.807, 2.05) is 11.3 Å². The Balaban J connectivity index is 1.82. The highest BCUT2D eigenvalue weighted by molar-refractivity contribution is 9.09. The molecule has 3 rings (SSSR count). The van der Waals surface area contributed by atoms with Gasteiger partial charge in [-0.1, -0.05) is 22.4 Å². The Bertz CT molecular complexity index is 395. The summed E-state index contributed by atoms with van der Waals surface area (Å²) in [5, 5.41) is 0. The number of halogens is 1. The van der Waals surface area contributed by atoms with Crippen LogP contribution in [0, 0.1) is 31.6 Å². The molecule has 1 heterocycles. The molecule has 0 N–H and O–H groups in total. The summed E-state index contributed by atoms with van der Waals surface area (Å²) in [6, 6.07) is 2.39. The van der Waals surface area contributed by atoms with E-state index in [1.54, 1.807) is 5.56 Å². The summed E-state index contributed by atoms with van der Waals surface area (Å²) in [6.45, 7) is 4.50. The summed E-state index contributed by atoms with van der Waals surface area (Å²) < 4.78 is 0. The van der Waals surface area contributed by atoms with Crippen molar-refractivity contribution in [3.63, 3.8) is 0 Å². The van der Waals surface area contributed by atoms with Crippen molar-refractivity contribution in [2.24, 2.45) is 17.8 Å². The zero-order valence-corrected chi connectivity index (χ0v) is 12.4. The highest BCUT2D eigenvalue weighted by atomic mass is 79.9. The smallest absolute Gasteiger partial charge is 0.0437 e. The van der Waals surface area contributed by atoms with Gasteiger partial charge in [-0.2, -0.15) is 0 Å². The van der Waals surface area contributed by atoms with E-state index in [0.717, 1.165) is 17.8 Å². The molecule has 2 aliphatic rings. The topological polar surface area (TPSA) is 0 Å². The van der Waals surface area contributed by atoms with Crippen LogP contribution in [0.4, 0.5) is 0 Å². The molecule has 88 valence electrons. The third kappa shape index (κ3) is 1.78. The van der Waals surface area contributed by atoms with Crippen LogP contribution in [0.3, 0.4) is 0 Å². The second-order valence-corrected chi connectivity index (χ2v) is 8.06. The summed E-state index contributed by atoms with van der Waals surface area (Å²) in [6.07, 6.45) is 5.96. The van der Waals surface area contributed by atoms with Crippen molar-refractivity contribution in [1.29, 1.82) is 0 Å². The minimum Gasteiger partial charge on any atom is -0.146 e. The minimum atomic E-state index is 0.618. The molecule has 4 unspecified atom stereocenters. The van der Waals surface area contributed by atoms with E-state index < -0.39 is 0 Å². The van der Waals surface area contributed by atoms with Crippen molar-refractivity contribution in [3.8, 4) is 0 Å². The first kappa shape index (κ1) is 11.3. The normalized spacial score (nSPS) is 34.6. The third-order valence-corrected chi connectivity index (χ3v) is 6.70.